The van der Waals surface area contributed by atoms with Crippen molar-refractivity contribution in [2.45, 2.75) is 6.92 Å². The van der Waals surface area contributed by atoms with E-state index in [0.717, 1.165) is 24.5 Å². The van der Waals surface area contributed by atoms with Crippen LogP contribution in [0.15, 0.2) is 73.1 Å². The molecule has 0 unspecified atom stereocenters. The number of amides is 1. The van der Waals surface area contributed by atoms with Crippen molar-refractivity contribution in [1.82, 2.24) is 4.57 Å². The fourth-order valence-electron chi connectivity index (χ4n) is 3.71. The second-order valence-corrected chi connectivity index (χ2v) is 7.23. The van der Waals surface area contributed by atoms with Crippen LogP contribution in [0.4, 0.5) is 11.4 Å². The van der Waals surface area contributed by atoms with E-state index in [0.29, 0.717) is 5.56 Å². The molecular weight excluding hydrogens is 348 g/mol. The summed E-state index contributed by atoms with van der Waals surface area (Å²) in [6.07, 6.45) is 3.94. The molecule has 1 aromatic heterocycles. The number of aromatic nitrogens is 1. The summed E-state index contributed by atoms with van der Waals surface area (Å²) in [5, 5.41) is 3.01. The quantitative estimate of drug-likeness (QED) is 0.719. The van der Waals surface area contributed by atoms with Gasteiger partial charge in [-0.1, -0.05) is 6.07 Å². The lowest BCUT2D eigenvalue weighted by Crippen LogP contribution is -3.14. The lowest BCUT2D eigenvalue weighted by molar-refractivity contribution is -0.898. The predicted molar refractivity (Wildman–Crippen MR) is 114 cm³/mol. The van der Waals surface area contributed by atoms with Crippen molar-refractivity contribution in [3.8, 4) is 5.69 Å². The van der Waals surface area contributed by atoms with Gasteiger partial charge in [0.15, 0.2) is 0 Å². The Morgan fingerprint density at radius 2 is 1.68 bits per heavy atom. The fourth-order valence-corrected chi connectivity index (χ4v) is 3.71. The molecule has 28 heavy (non-hydrogen) atoms. The van der Waals surface area contributed by atoms with E-state index in [1.807, 2.05) is 65.5 Å². The summed E-state index contributed by atoms with van der Waals surface area (Å²) in [6.45, 7) is 7.99. The number of nitrogens with one attached hydrogen (secondary N) is 2. The van der Waals surface area contributed by atoms with E-state index < -0.39 is 0 Å². The summed E-state index contributed by atoms with van der Waals surface area (Å²) in [7, 11) is 0. The van der Waals surface area contributed by atoms with Crippen molar-refractivity contribution in [2.24, 2.45) is 0 Å². The van der Waals surface area contributed by atoms with Crippen LogP contribution in [0.25, 0.3) is 5.69 Å². The molecule has 0 aliphatic carbocycles. The Kier molecular flexibility index (Phi) is 5.44. The molecule has 1 saturated heterocycles. The molecule has 2 heterocycles. The number of hydrogen-bond donors (Lipinski definition) is 2. The number of carbonyl (C=O) groups excluding carboxylic acids is 1. The maximum atomic E-state index is 12.7. The smallest absolute Gasteiger partial charge is 0.255 e. The maximum absolute atomic E-state index is 12.7. The monoisotopic (exact) mass is 375 g/mol. The topological polar surface area (TPSA) is 41.7 Å². The van der Waals surface area contributed by atoms with Crippen LogP contribution in [0, 0.1) is 0 Å². The standard InChI is InChI=1S/C23H26N4O/c1-2-25-14-16-27(17-15-25)21-10-8-20(9-11-21)24-23(28)19-6-5-7-22(18-19)26-12-3-4-13-26/h3-13,18H,2,14-17H2,1H3,(H,24,28)/p+1. The van der Waals surface area contributed by atoms with Crippen molar-refractivity contribution >= 4 is 17.3 Å². The number of carbonyl (C=O) groups is 1. The highest BCUT2D eigenvalue weighted by atomic mass is 16.1. The Balaban J connectivity index is 1.41. The summed E-state index contributed by atoms with van der Waals surface area (Å²) in [6, 6.07) is 19.8. The van der Waals surface area contributed by atoms with Crippen molar-refractivity contribution in [3.05, 3.63) is 78.6 Å². The molecule has 5 heteroatoms. The zero-order valence-electron chi connectivity index (χ0n) is 16.3. The maximum Gasteiger partial charge on any atom is 0.255 e. The van der Waals surface area contributed by atoms with Crippen LogP contribution >= 0.6 is 0 Å². The van der Waals surface area contributed by atoms with Crippen LogP contribution in [0.1, 0.15) is 17.3 Å². The first-order valence-electron chi connectivity index (χ1n) is 9.96. The van der Waals surface area contributed by atoms with Gasteiger partial charge in [0, 0.05) is 35.0 Å². The molecule has 1 amide bonds. The highest BCUT2D eigenvalue weighted by Crippen LogP contribution is 2.19. The summed E-state index contributed by atoms with van der Waals surface area (Å²) < 4.78 is 1.99. The molecule has 1 fully saturated rings. The van der Waals surface area contributed by atoms with Crippen molar-refractivity contribution < 1.29 is 9.69 Å². The number of benzene rings is 2. The zero-order chi connectivity index (χ0) is 19.3. The molecule has 0 bridgehead atoms. The van der Waals surface area contributed by atoms with Gasteiger partial charge in [-0.25, -0.2) is 0 Å². The second-order valence-electron chi connectivity index (χ2n) is 7.23. The van der Waals surface area contributed by atoms with Crippen molar-refractivity contribution in [3.63, 3.8) is 0 Å². The van der Waals surface area contributed by atoms with E-state index in [-0.39, 0.29) is 5.91 Å². The van der Waals surface area contributed by atoms with E-state index >= 15 is 0 Å². The Labute approximate surface area is 166 Å². The van der Waals surface area contributed by atoms with E-state index in [1.54, 1.807) is 4.90 Å². The van der Waals surface area contributed by atoms with Gasteiger partial charge in [0.25, 0.3) is 5.91 Å². The summed E-state index contributed by atoms with van der Waals surface area (Å²) >= 11 is 0. The molecule has 2 N–H and O–H groups in total. The van der Waals surface area contributed by atoms with Crippen LogP contribution in [0.5, 0.6) is 0 Å². The number of piperazine rings is 1. The van der Waals surface area contributed by atoms with Gasteiger partial charge >= 0.3 is 0 Å². The molecule has 5 nitrogen and oxygen atoms in total. The fraction of sp³-hybridized carbons (Fsp3) is 0.261. The molecule has 1 aliphatic heterocycles. The number of quaternary nitrogens is 1. The third-order valence-corrected chi connectivity index (χ3v) is 5.47. The SMILES string of the molecule is CC[NH+]1CCN(c2ccc(NC(=O)c3cccc(-n4cccc4)c3)cc2)CC1. The Morgan fingerprint density at radius 1 is 0.964 bits per heavy atom. The number of anilines is 2. The second kappa shape index (κ2) is 8.31. The highest BCUT2D eigenvalue weighted by molar-refractivity contribution is 6.04. The van der Waals surface area contributed by atoms with Gasteiger partial charge in [0.2, 0.25) is 0 Å². The minimum absolute atomic E-state index is 0.0954. The van der Waals surface area contributed by atoms with Crippen molar-refractivity contribution in [1.29, 1.82) is 0 Å². The molecule has 4 rings (SSSR count). The van der Waals surface area contributed by atoms with Gasteiger partial charge in [-0.3, -0.25) is 4.79 Å². The van der Waals surface area contributed by atoms with E-state index in [1.165, 1.54) is 25.3 Å². The first-order chi connectivity index (χ1) is 13.7. The third kappa shape index (κ3) is 4.10. The normalized spacial score (nSPS) is 14.8. The predicted octanol–water partition coefficient (Wildman–Crippen LogP) is 2.45. The molecule has 0 spiro atoms. The van der Waals surface area contributed by atoms with Crippen LogP contribution in [0.2, 0.25) is 0 Å². The zero-order valence-corrected chi connectivity index (χ0v) is 16.3. The molecular formula is C23H27N4O+. The van der Waals surface area contributed by atoms with Gasteiger partial charge in [0.05, 0.1) is 32.7 Å². The molecule has 2 aromatic carbocycles. The molecule has 1 aliphatic rings. The third-order valence-electron chi connectivity index (χ3n) is 5.47. The molecule has 0 saturated carbocycles. The van der Waals surface area contributed by atoms with Gasteiger partial charge < -0.3 is 19.7 Å². The molecule has 3 aromatic rings. The Hall–Kier alpha value is -3.05. The van der Waals surface area contributed by atoms with Gasteiger partial charge in [-0.15, -0.1) is 0 Å². The summed E-state index contributed by atoms with van der Waals surface area (Å²) in [5.41, 5.74) is 3.66. The number of likely N-dealkylation sites (N-methyl/N-ethyl adjacent to an activating group) is 1. The van der Waals surface area contributed by atoms with Gasteiger partial charge in [-0.05, 0) is 61.5 Å². The highest BCUT2D eigenvalue weighted by Gasteiger charge is 2.18. The Morgan fingerprint density at radius 3 is 2.36 bits per heavy atom. The van der Waals surface area contributed by atoms with Gasteiger partial charge in [-0.2, -0.15) is 0 Å². The minimum atomic E-state index is -0.0954. The van der Waals surface area contributed by atoms with Gasteiger partial charge in [0.1, 0.15) is 0 Å². The molecule has 0 atom stereocenters. The van der Waals surface area contributed by atoms with Crippen LogP contribution < -0.4 is 15.1 Å². The first-order valence-corrected chi connectivity index (χ1v) is 9.96. The summed E-state index contributed by atoms with van der Waals surface area (Å²) in [4.78, 5) is 16.7. The Bertz CT molecular complexity index is 910. The average molecular weight is 375 g/mol. The van der Waals surface area contributed by atoms with E-state index in [4.69, 9.17) is 0 Å². The number of nitrogens with zero attached hydrogens (tertiary/aromatic N) is 2. The first kappa shape index (κ1) is 18.3. The van der Waals surface area contributed by atoms with E-state index in [9.17, 15) is 4.79 Å². The lowest BCUT2D eigenvalue weighted by atomic mass is 10.1. The van der Waals surface area contributed by atoms with Crippen LogP contribution in [0.3, 0.4) is 0 Å². The number of hydrogen-bond acceptors (Lipinski definition) is 2. The lowest BCUT2D eigenvalue weighted by Gasteiger charge is -2.33. The summed E-state index contributed by atoms with van der Waals surface area (Å²) in [5.74, 6) is -0.0954. The largest absolute Gasteiger partial charge is 0.360 e. The average Bonchev–Trinajstić information content (AvgIpc) is 3.29. The van der Waals surface area contributed by atoms with Crippen molar-refractivity contribution in [2.75, 3.05) is 42.9 Å². The molecule has 0 radical (unpaired) electrons. The van der Waals surface area contributed by atoms with Crippen LogP contribution in [-0.4, -0.2) is 43.2 Å². The van der Waals surface area contributed by atoms with E-state index in [2.05, 4.69) is 29.3 Å². The number of rotatable bonds is 5. The van der Waals surface area contributed by atoms with Crippen LogP contribution in [-0.2, 0) is 0 Å². The molecule has 144 valence electrons. The minimum Gasteiger partial charge on any atom is -0.360 e.